The molecule has 0 amide bonds. The highest BCUT2D eigenvalue weighted by atomic mass is 15.2. The lowest BCUT2D eigenvalue weighted by Gasteiger charge is -2.31. The summed E-state index contributed by atoms with van der Waals surface area (Å²) in [4.78, 5) is 2.52. The molecule has 9 aromatic carbocycles. The van der Waals surface area contributed by atoms with Crippen LogP contribution in [0.1, 0.15) is 36.1 Å². The molecule has 1 aliphatic carbocycles. The molecule has 0 unspecified atom stereocenters. The third kappa shape index (κ3) is 4.39. The predicted octanol–water partition coefficient (Wildman–Crippen LogP) is 14.7. The van der Waals surface area contributed by atoms with Gasteiger partial charge in [-0.3, -0.25) is 0 Å². The van der Waals surface area contributed by atoms with Crippen LogP contribution in [0.15, 0.2) is 176 Å². The van der Waals surface area contributed by atoms with Crippen LogP contribution in [0.2, 0.25) is 0 Å². The molecular formula is C53H37N. The fourth-order valence-corrected chi connectivity index (χ4v) is 9.51. The highest BCUT2D eigenvalue weighted by Gasteiger charge is 2.37. The lowest BCUT2D eigenvalue weighted by Crippen LogP contribution is -2.14. The van der Waals surface area contributed by atoms with Gasteiger partial charge in [0.2, 0.25) is 0 Å². The van der Waals surface area contributed by atoms with E-state index in [1.807, 2.05) is 0 Å². The van der Waals surface area contributed by atoms with Gasteiger partial charge in [0.25, 0.3) is 0 Å². The second-order valence-electron chi connectivity index (χ2n) is 15.2. The molecule has 0 aromatic heterocycles. The van der Waals surface area contributed by atoms with Crippen molar-refractivity contribution in [1.29, 1.82) is 0 Å². The molecule has 9 aromatic rings. The summed E-state index contributed by atoms with van der Waals surface area (Å²) in [6.07, 6.45) is 4.52. The zero-order valence-corrected chi connectivity index (χ0v) is 30.3. The number of rotatable bonds is 3. The average molecular weight is 688 g/mol. The van der Waals surface area contributed by atoms with E-state index in [4.69, 9.17) is 0 Å². The van der Waals surface area contributed by atoms with E-state index in [0.717, 1.165) is 0 Å². The van der Waals surface area contributed by atoms with Crippen molar-refractivity contribution in [2.24, 2.45) is 0 Å². The quantitative estimate of drug-likeness (QED) is 0.167. The molecule has 1 heteroatoms. The van der Waals surface area contributed by atoms with E-state index in [9.17, 15) is 0 Å². The maximum Gasteiger partial charge on any atom is 0.0619 e. The Hall–Kier alpha value is -6.70. The van der Waals surface area contributed by atoms with Gasteiger partial charge >= 0.3 is 0 Å². The molecule has 1 heterocycles. The number of hydrogen-bond acceptors (Lipinski definition) is 1. The van der Waals surface area contributed by atoms with E-state index in [1.165, 1.54) is 105 Å². The van der Waals surface area contributed by atoms with Gasteiger partial charge in [-0.25, -0.2) is 0 Å². The first-order valence-corrected chi connectivity index (χ1v) is 18.9. The lowest BCUT2D eigenvalue weighted by molar-refractivity contribution is 0.660. The first kappa shape index (κ1) is 30.9. The summed E-state index contributed by atoms with van der Waals surface area (Å²) in [6.45, 7) is 4.75. The molecule has 0 bridgehead atoms. The fourth-order valence-electron chi connectivity index (χ4n) is 9.51. The summed E-state index contributed by atoms with van der Waals surface area (Å²) in [5.41, 5.74) is 16.3. The molecule has 1 aliphatic heterocycles. The van der Waals surface area contributed by atoms with E-state index >= 15 is 0 Å². The van der Waals surface area contributed by atoms with Crippen LogP contribution < -0.4 is 4.90 Å². The monoisotopic (exact) mass is 687 g/mol. The third-order valence-corrected chi connectivity index (χ3v) is 12.0. The topological polar surface area (TPSA) is 3.24 Å². The summed E-state index contributed by atoms with van der Waals surface area (Å²) in [5, 5.41) is 7.46. The Morgan fingerprint density at radius 3 is 1.74 bits per heavy atom. The van der Waals surface area contributed by atoms with Crippen LogP contribution in [0, 0.1) is 0 Å². The summed E-state index contributed by atoms with van der Waals surface area (Å²) in [5.74, 6) is 0. The number of anilines is 3. The van der Waals surface area contributed by atoms with Gasteiger partial charge in [-0.1, -0.05) is 184 Å². The van der Waals surface area contributed by atoms with Gasteiger partial charge in [-0.15, -0.1) is 0 Å². The summed E-state index contributed by atoms with van der Waals surface area (Å²) < 4.78 is 0. The Kier molecular flexibility index (Phi) is 6.66. The molecule has 0 atom stereocenters. The van der Waals surface area contributed by atoms with Gasteiger partial charge in [0, 0.05) is 16.2 Å². The second-order valence-corrected chi connectivity index (χ2v) is 15.2. The molecule has 0 saturated carbocycles. The molecule has 1 nitrogen and oxygen atoms in total. The molecule has 0 radical (unpaired) electrons. The molecule has 254 valence electrons. The van der Waals surface area contributed by atoms with Gasteiger partial charge in [-0.2, -0.15) is 0 Å². The van der Waals surface area contributed by atoms with Crippen LogP contribution in [0.25, 0.3) is 77.9 Å². The fraction of sp³-hybridized carbons (Fsp3) is 0.0566. The zero-order valence-electron chi connectivity index (χ0n) is 30.3. The highest BCUT2D eigenvalue weighted by Crippen LogP contribution is 2.56. The van der Waals surface area contributed by atoms with Crippen molar-refractivity contribution in [1.82, 2.24) is 0 Å². The van der Waals surface area contributed by atoms with Crippen molar-refractivity contribution in [3.05, 3.63) is 198 Å². The Morgan fingerprint density at radius 2 is 0.944 bits per heavy atom. The molecule has 0 saturated heterocycles. The third-order valence-electron chi connectivity index (χ3n) is 12.0. The maximum absolute atomic E-state index is 2.52. The minimum atomic E-state index is -0.103. The minimum absolute atomic E-state index is 0.103. The molecule has 0 fully saturated rings. The van der Waals surface area contributed by atoms with Crippen molar-refractivity contribution >= 4 is 61.5 Å². The van der Waals surface area contributed by atoms with E-state index in [-0.39, 0.29) is 5.41 Å². The van der Waals surface area contributed by atoms with Crippen LogP contribution in [0.5, 0.6) is 0 Å². The first-order chi connectivity index (χ1) is 26.6. The predicted molar refractivity (Wildman–Crippen MR) is 231 cm³/mol. The first-order valence-electron chi connectivity index (χ1n) is 18.9. The van der Waals surface area contributed by atoms with E-state index in [2.05, 4.69) is 207 Å². The van der Waals surface area contributed by atoms with Gasteiger partial charge in [-0.05, 0) is 95.4 Å². The van der Waals surface area contributed by atoms with Crippen LogP contribution in [0.3, 0.4) is 0 Å². The number of nitrogens with zero attached hydrogens (tertiary/aromatic N) is 1. The minimum Gasteiger partial charge on any atom is -0.308 e. The van der Waals surface area contributed by atoms with Crippen molar-refractivity contribution in [3.63, 3.8) is 0 Å². The van der Waals surface area contributed by atoms with Crippen LogP contribution >= 0.6 is 0 Å². The van der Waals surface area contributed by atoms with Crippen molar-refractivity contribution in [2.45, 2.75) is 19.3 Å². The molecule has 0 spiro atoms. The van der Waals surface area contributed by atoms with Gasteiger partial charge < -0.3 is 4.90 Å². The Labute approximate surface area is 316 Å². The average Bonchev–Trinajstić information content (AvgIpc) is 3.34. The number of fused-ring (bicyclic) bond motifs is 8. The highest BCUT2D eigenvalue weighted by molar-refractivity contribution is 6.25. The van der Waals surface area contributed by atoms with Crippen molar-refractivity contribution < 1.29 is 0 Å². The van der Waals surface area contributed by atoms with Crippen molar-refractivity contribution in [3.8, 4) is 33.4 Å². The number of para-hydroxylation sites is 2. The summed E-state index contributed by atoms with van der Waals surface area (Å²) >= 11 is 0. The largest absolute Gasteiger partial charge is 0.308 e. The lowest BCUT2D eigenvalue weighted by atomic mass is 9.81. The Balaban J connectivity index is 1.32. The Bertz CT molecular complexity index is 2980. The van der Waals surface area contributed by atoms with Gasteiger partial charge in [0.1, 0.15) is 0 Å². The van der Waals surface area contributed by atoms with Crippen LogP contribution in [-0.4, -0.2) is 0 Å². The van der Waals surface area contributed by atoms with Crippen molar-refractivity contribution in [2.75, 3.05) is 4.90 Å². The molecule has 54 heavy (non-hydrogen) atoms. The van der Waals surface area contributed by atoms with Crippen LogP contribution in [-0.2, 0) is 5.41 Å². The second kappa shape index (κ2) is 11.7. The number of benzene rings is 9. The van der Waals surface area contributed by atoms with E-state index < -0.39 is 0 Å². The maximum atomic E-state index is 2.52. The van der Waals surface area contributed by atoms with Crippen LogP contribution in [0.4, 0.5) is 17.1 Å². The summed E-state index contributed by atoms with van der Waals surface area (Å²) in [7, 11) is 0. The number of hydrogen-bond donors (Lipinski definition) is 0. The molecule has 0 N–H and O–H groups in total. The zero-order chi connectivity index (χ0) is 36.0. The van der Waals surface area contributed by atoms with Gasteiger partial charge in [0.05, 0.1) is 17.1 Å². The standard InChI is InChI=1S/C53H37N/c1-53(2)46-25-10-9-22-43(46)51-44(24-14-26-47(51)53)50-40-20-7-8-21-41(40)52(54-48-27-11-4-16-35(48)29-30-36-17-5-12-28-49(36)54)42-32-31-37(33-45(42)50)39-23-13-18-34-15-3-6-19-38(34)39/h3-33H,1-2H3. The smallest absolute Gasteiger partial charge is 0.0619 e. The molecule has 2 aliphatic rings. The molecule has 11 rings (SSSR count). The van der Waals surface area contributed by atoms with E-state index in [1.54, 1.807) is 0 Å². The van der Waals surface area contributed by atoms with Gasteiger partial charge in [0.15, 0.2) is 0 Å². The van der Waals surface area contributed by atoms with E-state index in [0.29, 0.717) is 0 Å². The molecular weight excluding hydrogens is 651 g/mol. The SMILES string of the molecule is CC1(C)c2ccccc2-c2c(-c3c4ccccc4c(N4c5ccccc5C=Cc5ccccc54)c4ccc(-c5cccc6ccccc56)cc34)cccc21. The summed E-state index contributed by atoms with van der Waals surface area (Å²) in [6, 6.07) is 65.3. The Morgan fingerprint density at radius 1 is 0.389 bits per heavy atom. The normalized spacial score (nSPS) is 13.8.